The van der Waals surface area contributed by atoms with Crippen molar-refractivity contribution in [1.29, 1.82) is 0 Å². The van der Waals surface area contributed by atoms with Gasteiger partial charge in [0, 0.05) is 17.4 Å². The van der Waals surface area contributed by atoms with Gasteiger partial charge in [0.25, 0.3) is 0 Å². The highest BCUT2D eigenvalue weighted by atomic mass is 35.5. The number of hydrogen-bond donors (Lipinski definition) is 0. The standard InChI is InChI=1S/C15H12ClN3O2/c1-2-21-15(20)13-12(10-4-6-11(16)7-5-10)14-17-8-3-9-19(14)18-13/h3-9H,2H2,1H3. The highest BCUT2D eigenvalue weighted by Crippen LogP contribution is 2.28. The Morgan fingerprint density at radius 3 is 2.81 bits per heavy atom. The summed E-state index contributed by atoms with van der Waals surface area (Å²) >= 11 is 5.92. The molecule has 6 heteroatoms. The van der Waals surface area contributed by atoms with Gasteiger partial charge >= 0.3 is 5.97 Å². The second-order valence-electron chi connectivity index (χ2n) is 4.34. The van der Waals surface area contributed by atoms with Gasteiger partial charge in [-0.05, 0) is 30.7 Å². The van der Waals surface area contributed by atoms with Gasteiger partial charge in [-0.15, -0.1) is 0 Å². The van der Waals surface area contributed by atoms with Crippen LogP contribution in [0.5, 0.6) is 0 Å². The highest BCUT2D eigenvalue weighted by Gasteiger charge is 2.22. The van der Waals surface area contributed by atoms with E-state index in [9.17, 15) is 4.79 Å². The molecule has 0 atom stereocenters. The van der Waals surface area contributed by atoms with Crippen molar-refractivity contribution in [1.82, 2.24) is 14.6 Å². The fourth-order valence-electron chi connectivity index (χ4n) is 2.11. The molecule has 0 aliphatic carbocycles. The molecule has 0 spiro atoms. The Balaban J connectivity index is 2.24. The molecule has 0 unspecified atom stereocenters. The minimum Gasteiger partial charge on any atom is -0.461 e. The van der Waals surface area contributed by atoms with Crippen LogP contribution in [0.1, 0.15) is 17.4 Å². The maximum absolute atomic E-state index is 12.1. The third kappa shape index (κ3) is 2.48. The van der Waals surface area contributed by atoms with Crippen molar-refractivity contribution in [2.75, 3.05) is 6.61 Å². The molecule has 0 aliphatic heterocycles. The van der Waals surface area contributed by atoms with Crippen LogP contribution in [-0.2, 0) is 4.74 Å². The third-order valence-corrected chi connectivity index (χ3v) is 3.25. The Morgan fingerprint density at radius 2 is 2.10 bits per heavy atom. The lowest BCUT2D eigenvalue weighted by Gasteiger charge is -2.03. The first kappa shape index (κ1) is 13.6. The number of rotatable bonds is 3. The summed E-state index contributed by atoms with van der Waals surface area (Å²) in [6, 6.07) is 8.94. The average molecular weight is 302 g/mol. The lowest BCUT2D eigenvalue weighted by Crippen LogP contribution is -2.07. The molecule has 0 saturated heterocycles. The fraction of sp³-hybridized carbons (Fsp3) is 0.133. The van der Waals surface area contributed by atoms with Crippen molar-refractivity contribution in [2.45, 2.75) is 6.92 Å². The minimum absolute atomic E-state index is 0.248. The van der Waals surface area contributed by atoms with E-state index in [1.165, 1.54) is 0 Å². The molecule has 5 nitrogen and oxygen atoms in total. The highest BCUT2D eigenvalue weighted by molar-refractivity contribution is 6.30. The number of ether oxygens (including phenoxy) is 1. The largest absolute Gasteiger partial charge is 0.461 e. The predicted molar refractivity (Wildman–Crippen MR) is 79.4 cm³/mol. The summed E-state index contributed by atoms with van der Waals surface area (Å²) in [5.74, 6) is -0.465. The summed E-state index contributed by atoms with van der Waals surface area (Å²) in [7, 11) is 0. The Morgan fingerprint density at radius 1 is 1.33 bits per heavy atom. The van der Waals surface area contributed by atoms with Crippen LogP contribution < -0.4 is 0 Å². The second-order valence-corrected chi connectivity index (χ2v) is 4.78. The zero-order valence-electron chi connectivity index (χ0n) is 11.3. The molecule has 2 heterocycles. The maximum Gasteiger partial charge on any atom is 0.359 e. The Kier molecular flexibility index (Phi) is 3.58. The van der Waals surface area contributed by atoms with Crippen LogP contribution in [0.25, 0.3) is 16.8 Å². The molecule has 0 bridgehead atoms. The fourth-order valence-corrected chi connectivity index (χ4v) is 2.24. The summed E-state index contributed by atoms with van der Waals surface area (Å²) in [6.07, 6.45) is 3.40. The zero-order valence-corrected chi connectivity index (χ0v) is 12.0. The van der Waals surface area contributed by atoms with Gasteiger partial charge in [-0.2, -0.15) is 5.10 Å². The molecular formula is C15H12ClN3O2. The lowest BCUT2D eigenvalue weighted by atomic mass is 10.1. The Bertz CT molecular complexity index is 796. The van der Waals surface area contributed by atoms with Crippen molar-refractivity contribution in [3.63, 3.8) is 0 Å². The molecule has 3 aromatic rings. The number of fused-ring (bicyclic) bond motifs is 1. The van der Waals surface area contributed by atoms with Gasteiger partial charge in [0.1, 0.15) is 0 Å². The SMILES string of the molecule is CCOC(=O)c1nn2cccnc2c1-c1ccc(Cl)cc1. The van der Waals surface area contributed by atoms with Gasteiger partial charge in [-0.3, -0.25) is 0 Å². The van der Waals surface area contributed by atoms with Crippen molar-refractivity contribution in [3.05, 3.63) is 53.4 Å². The van der Waals surface area contributed by atoms with Gasteiger partial charge in [-0.1, -0.05) is 23.7 Å². The summed E-state index contributed by atoms with van der Waals surface area (Å²) in [6.45, 7) is 2.05. The molecule has 0 radical (unpaired) electrons. The Hall–Kier alpha value is -2.40. The molecule has 0 aliphatic rings. The van der Waals surface area contributed by atoms with Crippen LogP contribution in [0.15, 0.2) is 42.7 Å². The quantitative estimate of drug-likeness (QED) is 0.697. The van der Waals surface area contributed by atoms with Crippen LogP contribution in [-0.4, -0.2) is 27.2 Å². The van der Waals surface area contributed by atoms with E-state index >= 15 is 0 Å². The molecule has 0 N–H and O–H groups in total. The van der Waals surface area contributed by atoms with Crippen LogP contribution in [0.2, 0.25) is 5.02 Å². The van der Waals surface area contributed by atoms with Gasteiger partial charge in [-0.25, -0.2) is 14.3 Å². The number of esters is 1. The summed E-state index contributed by atoms with van der Waals surface area (Å²) in [5.41, 5.74) is 2.31. The number of aromatic nitrogens is 3. The molecule has 0 saturated carbocycles. The number of benzene rings is 1. The first-order chi connectivity index (χ1) is 10.2. The smallest absolute Gasteiger partial charge is 0.359 e. The topological polar surface area (TPSA) is 56.5 Å². The number of nitrogens with zero attached hydrogens (tertiary/aromatic N) is 3. The van der Waals surface area contributed by atoms with Crippen LogP contribution >= 0.6 is 11.6 Å². The average Bonchev–Trinajstić information content (AvgIpc) is 2.88. The third-order valence-electron chi connectivity index (χ3n) is 3.00. The summed E-state index contributed by atoms with van der Waals surface area (Å²) < 4.78 is 6.64. The lowest BCUT2D eigenvalue weighted by molar-refractivity contribution is 0.0520. The van der Waals surface area contributed by atoms with E-state index in [2.05, 4.69) is 10.1 Å². The molecule has 0 amide bonds. The van der Waals surface area contributed by atoms with E-state index in [1.807, 2.05) is 12.1 Å². The van der Waals surface area contributed by atoms with E-state index < -0.39 is 5.97 Å². The van der Waals surface area contributed by atoms with Crippen molar-refractivity contribution >= 4 is 23.2 Å². The molecule has 21 heavy (non-hydrogen) atoms. The van der Waals surface area contributed by atoms with Crippen molar-refractivity contribution in [3.8, 4) is 11.1 Å². The van der Waals surface area contributed by atoms with Crippen LogP contribution in [0, 0.1) is 0 Å². The van der Waals surface area contributed by atoms with E-state index in [4.69, 9.17) is 16.3 Å². The summed E-state index contributed by atoms with van der Waals surface area (Å²) in [5, 5.41) is 4.90. The molecule has 3 rings (SSSR count). The molecule has 106 valence electrons. The maximum atomic E-state index is 12.1. The van der Waals surface area contributed by atoms with Crippen molar-refractivity contribution < 1.29 is 9.53 Å². The van der Waals surface area contributed by atoms with E-state index in [0.717, 1.165) is 5.56 Å². The summed E-state index contributed by atoms with van der Waals surface area (Å²) in [4.78, 5) is 16.4. The second kappa shape index (κ2) is 5.54. The van der Waals surface area contributed by atoms with E-state index in [1.54, 1.807) is 42.0 Å². The predicted octanol–water partition coefficient (Wildman–Crippen LogP) is 3.23. The number of halogens is 1. The minimum atomic E-state index is -0.465. The van der Waals surface area contributed by atoms with Gasteiger partial charge in [0.15, 0.2) is 11.3 Å². The van der Waals surface area contributed by atoms with E-state index in [-0.39, 0.29) is 5.69 Å². The molecule has 0 fully saturated rings. The number of carbonyl (C=O) groups is 1. The van der Waals surface area contributed by atoms with Crippen LogP contribution in [0.3, 0.4) is 0 Å². The first-order valence-corrected chi connectivity index (χ1v) is 6.85. The van der Waals surface area contributed by atoms with Gasteiger partial charge in [0.05, 0.1) is 12.2 Å². The van der Waals surface area contributed by atoms with Gasteiger partial charge < -0.3 is 4.74 Å². The molecule has 1 aromatic carbocycles. The monoisotopic (exact) mass is 301 g/mol. The molecule has 2 aromatic heterocycles. The number of hydrogen-bond acceptors (Lipinski definition) is 4. The van der Waals surface area contributed by atoms with Crippen molar-refractivity contribution in [2.24, 2.45) is 0 Å². The normalized spacial score (nSPS) is 10.8. The first-order valence-electron chi connectivity index (χ1n) is 6.47. The van der Waals surface area contributed by atoms with E-state index in [0.29, 0.717) is 22.8 Å². The number of carbonyl (C=O) groups excluding carboxylic acids is 1. The zero-order chi connectivity index (χ0) is 14.8. The molecular weight excluding hydrogens is 290 g/mol. The van der Waals surface area contributed by atoms with Crippen LogP contribution in [0.4, 0.5) is 0 Å². The van der Waals surface area contributed by atoms with Gasteiger partial charge in [0.2, 0.25) is 0 Å². The Labute approximate surface area is 126 Å².